The van der Waals surface area contributed by atoms with E-state index in [2.05, 4.69) is 19.2 Å². The second-order valence-corrected chi connectivity index (χ2v) is 8.56. The van der Waals surface area contributed by atoms with Crippen LogP contribution in [-0.2, 0) is 9.59 Å². The van der Waals surface area contributed by atoms with E-state index in [1.54, 1.807) is 0 Å². The zero-order valence-electron chi connectivity index (χ0n) is 12.5. The Balaban J connectivity index is 2.01. The summed E-state index contributed by atoms with van der Waals surface area (Å²) in [4.78, 5) is 24.7. The second kappa shape index (κ2) is 5.04. The number of piperidine rings is 1. The minimum absolute atomic E-state index is 0.0173. The molecule has 1 saturated carbocycles. The van der Waals surface area contributed by atoms with Gasteiger partial charge in [0.15, 0.2) is 0 Å². The zero-order chi connectivity index (χ0) is 14.4. The highest BCUT2D eigenvalue weighted by atomic mass is 32.2. The SMILES string of the molecule is CC1(C)CCSCC12CC(=O)NC(=O)C2C1CCCC1. The minimum Gasteiger partial charge on any atom is -0.296 e. The summed E-state index contributed by atoms with van der Waals surface area (Å²) in [6.07, 6.45) is 6.46. The maximum Gasteiger partial charge on any atom is 0.230 e. The molecule has 3 rings (SSSR count). The lowest BCUT2D eigenvalue weighted by Gasteiger charge is -2.56. The molecule has 0 aromatic carbocycles. The van der Waals surface area contributed by atoms with Crippen molar-refractivity contribution in [2.45, 2.75) is 52.4 Å². The molecule has 1 aliphatic carbocycles. The lowest BCUT2D eigenvalue weighted by Crippen LogP contribution is -2.62. The third-order valence-corrected chi connectivity index (χ3v) is 7.28. The van der Waals surface area contributed by atoms with Crippen LogP contribution in [0.5, 0.6) is 0 Å². The van der Waals surface area contributed by atoms with Crippen LogP contribution in [0.4, 0.5) is 0 Å². The van der Waals surface area contributed by atoms with Gasteiger partial charge in [0.05, 0.1) is 0 Å². The van der Waals surface area contributed by atoms with Crippen molar-refractivity contribution in [2.24, 2.45) is 22.7 Å². The summed E-state index contributed by atoms with van der Waals surface area (Å²) >= 11 is 1.94. The van der Waals surface area contributed by atoms with Crippen molar-refractivity contribution in [2.75, 3.05) is 11.5 Å². The molecule has 3 fully saturated rings. The quantitative estimate of drug-likeness (QED) is 0.756. The average Bonchev–Trinajstić information content (AvgIpc) is 2.85. The summed E-state index contributed by atoms with van der Waals surface area (Å²) in [5, 5.41) is 2.63. The minimum atomic E-state index is -0.121. The molecular weight excluding hydrogens is 270 g/mol. The molecule has 2 heterocycles. The first-order valence-corrected chi connectivity index (χ1v) is 9.03. The van der Waals surface area contributed by atoms with Gasteiger partial charge in [0.25, 0.3) is 0 Å². The molecule has 3 aliphatic rings. The predicted octanol–water partition coefficient (Wildman–Crippen LogP) is 2.99. The van der Waals surface area contributed by atoms with E-state index in [0.29, 0.717) is 12.3 Å². The van der Waals surface area contributed by atoms with Crippen LogP contribution in [0.15, 0.2) is 0 Å². The Labute approximate surface area is 125 Å². The van der Waals surface area contributed by atoms with Crippen molar-refractivity contribution < 1.29 is 9.59 Å². The van der Waals surface area contributed by atoms with Gasteiger partial charge in [0.1, 0.15) is 0 Å². The Kier molecular flexibility index (Phi) is 3.64. The number of carbonyl (C=O) groups excluding carboxylic acids is 2. The molecule has 2 unspecified atom stereocenters. The standard InChI is InChI=1S/C16H25NO2S/c1-15(2)7-8-20-10-16(15)9-12(18)17-14(19)13(16)11-5-3-4-6-11/h11,13H,3-10H2,1-2H3,(H,17,18,19). The van der Waals surface area contributed by atoms with Crippen molar-refractivity contribution in [1.82, 2.24) is 5.32 Å². The van der Waals surface area contributed by atoms with Crippen molar-refractivity contribution in [3.8, 4) is 0 Å². The smallest absolute Gasteiger partial charge is 0.230 e. The summed E-state index contributed by atoms with van der Waals surface area (Å²) in [6.45, 7) is 4.56. The third kappa shape index (κ3) is 2.11. The molecule has 2 saturated heterocycles. The molecule has 3 nitrogen and oxygen atoms in total. The lowest BCUT2D eigenvalue weighted by atomic mass is 9.52. The number of amides is 2. The highest BCUT2D eigenvalue weighted by molar-refractivity contribution is 7.99. The van der Waals surface area contributed by atoms with E-state index in [4.69, 9.17) is 0 Å². The largest absolute Gasteiger partial charge is 0.296 e. The van der Waals surface area contributed by atoms with Gasteiger partial charge in [-0.05, 0) is 36.3 Å². The molecule has 0 aromatic rings. The molecule has 20 heavy (non-hydrogen) atoms. The molecule has 1 spiro atoms. The zero-order valence-corrected chi connectivity index (χ0v) is 13.4. The summed E-state index contributed by atoms with van der Waals surface area (Å²) in [7, 11) is 0. The van der Waals surface area contributed by atoms with Crippen molar-refractivity contribution in [1.29, 1.82) is 0 Å². The average molecular weight is 295 g/mol. The van der Waals surface area contributed by atoms with Crippen LogP contribution in [0.3, 0.4) is 0 Å². The molecule has 1 N–H and O–H groups in total. The highest BCUT2D eigenvalue weighted by Gasteiger charge is 2.59. The Morgan fingerprint density at radius 1 is 1.20 bits per heavy atom. The van der Waals surface area contributed by atoms with Gasteiger partial charge in [-0.2, -0.15) is 11.8 Å². The first-order valence-electron chi connectivity index (χ1n) is 7.88. The Bertz CT molecular complexity index is 428. The molecule has 0 radical (unpaired) electrons. The molecule has 2 amide bonds. The fourth-order valence-corrected chi connectivity index (χ4v) is 6.53. The summed E-state index contributed by atoms with van der Waals surface area (Å²) < 4.78 is 0. The van der Waals surface area contributed by atoms with Gasteiger partial charge in [-0.25, -0.2) is 0 Å². The lowest BCUT2D eigenvalue weighted by molar-refractivity contribution is -0.153. The number of thioether (sulfide) groups is 1. The van der Waals surface area contributed by atoms with Crippen LogP contribution in [0.2, 0.25) is 0 Å². The number of hydrogen-bond donors (Lipinski definition) is 1. The molecular formula is C16H25NO2S. The fraction of sp³-hybridized carbons (Fsp3) is 0.875. The van der Waals surface area contributed by atoms with E-state index in [-0.39, 0.29) is 28.6 Å². The maximum atomic E-state index is 12.6. The van der Waals surface area contributed by atoms with Crippen LogP contribution in [0.25, 0.3) is 0 Å². The predicted molar refractivity (Wildman–Crippen MR) is 81.4 cm³/mol. The number of nitrogens with one attached hydrogen (secondary N) is 1. The van der Waals surface area contributed by atoms with Crippen molar-refractivity contribution in [3.05, 3.63) is 0 Å². The summed E-state index contributed by atoms with van der Waals surface area (Å²) in [5.74, 6) is 2.62. The van der Waals surface area contributed by atoms with Crippen molar-refractivity contribution >= 4 is 23.6 Å². The van der Waals surface area contributed by atoms with Gasteiger partial charge in [-0.3, -0.25) is 14.9 Å². The highest BCUT2D eigenvalue weighted by Crippen LogP contribution is 2.59. The topological polar surface area (TPSA) is 46.2 Å². The third-order valence-electron chi connectivity index (χ3n) is 6.07. The summed E-state index contributed by atoms with van der Waals surface area (Å²) in [5.41, 5.74) is -0.0384. The van der Waals surface area contributed by atoms with Gasteiger partial charge in [-0.15, -0.1) is 0 Å². The number of hydrogen-bond acceptors (Lipinski definition) is 3. The van der Waals surface area contributed by atoms with Gasteiger partial charge in [-0.1, -0.05) is 26.7 Å². The van der Waals surface area contributed by atoms with Crippen LogP contribution >= 0.6 is 11.8 Å². The first kappa shape index (κ1) is 14.4. The van der Waals surface area contributed by atoms with Crippen LogP contribution in [-0.4, -0.2) is 23.3 Å². The van der Waals surface area contributed by atoms with Gasteiger partial charge in [0.2, 0.25) is 11.8 Å². The Morgan fingerprint density at radius 2 is 1.90 bits per heavy atom. The number of rotatable bonds is 1. The maximum absolute atomic E-state index is 12.6. The fourth-order valence-electron chi connectivity index (χ4n) is 4.69. The number of carbonyl (C=O) groups is 2. The van der Waals surface area contributed by atoms with Crippen molar-refractivity contribution in [3.63, 3.8) is 0 Å². The van der Waals surface area contributed by atoms with E-state index < -0.39 is 0 Å². The molecule has 112 valence electrons. The van der Waals surface area contributed by atoms with E-state index in [0.717, 1.165) is 30.8 Å². The first-order chi connectivity index (χ1) is 9.46. The molecule has 2 atom stereocenters. The Morgan fingerprint density at radius 3 is 2.55 bits per heavy atom. The van der Waals surface area contributed by atoms with Gasteiger partial charge in [0, 0.05) is 23.5 Å². The second-order valence-electron chi connectivity index (χ2n) is 7.45. The van der Waals surface area contributed by atoms with Crippen LogP contribution in [0, 0.1) is 22.7 Å². The molecule has 0 aromatic heterocycles. The van der Waals surface area contributed by atoms with E-state index in [1.807, 2.05) is 11.8 Å². The van der Waals surface area contributed by atoms with Crippen LogP contribution < -0.4 is 5.32 Å². The van der Waals surface area contributed by atoms with Gasteiger partial charge < -0.3 is 0 Å². The summed E-state index contributed by atoms with van der Waals surface area (Å²) in [6, 6.07) is 0. The number of imide groups is 1. The van der Waals surface area contributed by atoms with Crippen LogP contribution in [0.1, 0.15) is 52.4 Å². The van der Waals surface area contributed by atoms with Gasteiger partial charge >= 0.3 is 0 Å². The Hall–Kier alpha value is -0.510. The molecule has 4 heteroatoms. The molecule has 2 aliphatic heterocycles. The molecule has 0 bridgehead atoms. The van der Waals surface area contributed by atoms with E-state index in [9.17, 15) is 9.59 Å². The monoisotopic (exact) mass is 295 g/mol. The van der Waals surface area contributed by atoms with E-state index >= 15 is 0 Å². The van der Waals surface area contributed by atoms with E-state index in [1.165, 1.54) is 12.8 Å². The normalized spacial score (nSPS) is 38.2.